The Hall–Kier alpha value is -3.43. The molecule has 0 aliphatic rings. The van der Waals surface area contributed by atoms with Crippen LogP contribution in [0.3, 0.4) is 0 Å². The van der Waals surface area contributed by atoms with Gasteiger partial charge < -0.3 is 26.0 Å². The molecule has 10 nitrogen and oxygen atoms in total. The minimum absolute atomic E-state index is 0.188. The van der Waals surface area contributed by atoms with Crippen LogP contribution in [0, 0.1) is 0 Å². The van der Waals surface area contributed by atoms with E-state index in [1.54, 1.807) is 0 Å². The summed E-state index contributed by atoms with van der Waals surface area (Å²) in [7, 11) is 1.29. The van der Waals surface area contributed by atoms with Crippen LogP contribution in [-0.4, -0.2) is 62.4 Å². The zero-order valence-electron chi connectivity index (χ0n) is 17.2. The molecule has 0 saturated heterocycles. The second-order valence-corrected chi connectivity index (χ2v) is 6.47. The van der Waals surface area contributed by atoms with Gasteiger partial charge in [0.2, 0.25) is 23.6 Å². The van der Waals surface area contributed by atoms with E-state index in [1.165, 1.54) is 14.0 Å². The number of nitrogens with one attached hydrogen (secondary N) is 4. The topological polar surface area (TPSA) is 143 Å². The Labute approximate surface area is 175 Å². The number of ether oxygens (including phenoxy) is 1. The van der Waals surface area contributed by atoms with Crippen molar-refractivity contribution in [1.82, 2.24) is 21.3 Å². The van der Waals surface area contributed by atoms with Gasteiger partial charge in [-0.15, -0.1) is 0 Å². The summed E-state index contributed by atoms with van der Waals surface area (Å²) in [6.07, 6.45) is 0.893. The molecule has 0 bridgehead atoms. The van der Waals surface area contributed by atoms with E-state index in [-0.39, 0.29) is 44.4 Å². The Morgan fingerprint density at radius 2 is 1.57 bits per heavy atom. The highest BCUT2D eigenvalue weighted by Crippen LogP contribution is 2.03. The molecule has 1 atom stereocenters. The molecule has 0 radical (unpaired) electrons. The molecule has 1 aromatic carbocycles. The van der Waals surface area contributed by atoms with Gasteiger partial charge in [-0.3, -0.25) is 24.0 Å². The van der Waals surface area contributed by atoms with E-state index in [0.717, 1.165) is 5.56 Å². The summed E-state index contributed by atoms with van der Waals surface area (Å²) in [6.45, 7) is 0.992. The Kier molecular flexibility index (Phi) is 11.2. The number of hydrogen-bond acceptors (Lipinski definition) is 6. The molecule has 0 heterocycles. The standard InChI is InChI=1S/C20H28N4O6/c1-14(25)24-16(11-15-7-4-3-5-8-15)20(29)23-13-18(27)22-12-17(26)21-10-6-9-19(28)30-2/h3-5,7-8,16H,6,9-13H2,1-2H3,(H,21,26)(H,22,27)(H,23,29)(H,24,25)/t16-/m0/s1. The van der Waals surface area contributed by atoms with E-state index in [9.17, 15) is 24.0 Å². The first-order valence-corrected chi connectivity index (χ1v) is 9.50. The van der Waals surface area contributed by atoms with Crippen LogP contribution in [0.4, 0.5) is 0 Å². The molecule has 0 aliphatic heterocycles. The molecule has 0 fully saturated rings. The molecule has 0 unspecified atom stereocenters. The maximum atomic E-state index is 12.4. The van der Waals surface area contributed by atoms with Crippen LogP contribution in [0.15, 0.2) is 30.3 Å². The van der Waals surface area contributed by atoms with Crippen molar-refractivity contribution < 1.29 is 28.7 Å². The Balaban J connectivity index is 2.34. The molecule has 0 saturated carbocycles. The lowest BCUT2D eigenvalue weighted by Gasteiger charge is -2.17. The van der Waals surface area contributed by atoms with Crippen molar-refractivity contribution in [1.29, 1.82) is 0 Å². The zero-order valence-corrected chi connectivity index (χ0v) is 17.2. The van der Waals surface area contributed by atoms with Crippen molar-refractivity contribution in [3.63, 3.8) is 0 Å². The first-order valence-electron chi connectivity index (χ1n) is 9.50. The van der Waals surface area contributed by atoms with Crippen molar-refractivity contribution in [3.05, 3.63) is 35.9 Å². The fourth-order valence-electron chi connectivity index (χ4n) is 2.46. The highest BCUT2D eigenvalue weighted by Gasteiger charge is 2.20. The quantitative estimate of drug-likeness (QED) is 0.253. The highest BCUT2D eigenvalue weighted by molar-refractivity contribution is 5.91. The van der Waals surface area contributed by atoms with Gasteiger partial charge in [0.1, 0.15) is 6.04 Å². The maximum absolute atomic E-state index is 12.4. The molecule has 0 aromatic heterocycles. The molecule has 1 rings (SSSR count). The summed E-state index contributed by atoms with van der Waals surface area (Å²) in [5, 5.41) is 9.95. The SMILES string of the molecule is COC(=O)CCCNC(=O)CNC(=O)CNC(=O)[C@H](Cc1ccccc1)NC(C)=O. The summed E-state index contributed by atoms with van der Waals surface area (Å²) in [5.74, 6) is -2.19. The maximum Gasteiger partial charge on any atom is 0.305 e. The first kappa shape index (κ1) is 24.6. The zero-order chi connectivity index (χ0) is 22.4. The van der Waals surface area contributed by atoms with Gasteiger partial charge in [0, 0.05) is 26.3 Å². The van der Waals surface area contributed by atoms with Crippen LogP contribution in [0.2, 0.25) is 0 Å². The van der Waals surface area contributed by atoms with E-state index in [2.05, 4.69) is 26.0 Å². The fraction of sp³-hybridized carbons (Fsp3) is 0.450. The van der Waals surface area contributed by atoms with E-state index < -0.39 is 23.8 Å². The van der Waals surface area contributed by atoms with Gasteiger partial charge in [0.25, 0.3) is 0 Å². The molecule has 164 valence electrons. The van der Waals surface area contributed by atoms with Gasteiger partial charge in [-0.1, -0.05) is 30.3 Å². The summed E-state index contributed by atoms with van der Waals surface area (Å²) in [4.78, 5) is 58.2. The number of carbonyl (C=O) groups is 5. The lowest BCUT2D eigenvalue weighted by atomic mass is 10.1. The van der Waals surface area contributed by atoms with Crippen molar-refractivity contribution >= 4 is 29.6 Å². The first-order chi connectivity index (χ1) is 14.3. The Morgan fingerprint density at radius 1 is 0.933 bits per heavy atom. The third-order valence-electron chi connectivity index (χ3n) is 3.95. The lowest BCUT2D eigenvalue weighted by molar-refractivity contribution is -0.140. The number of methoxy groups -OCH3 is 1. The highest BCUT2D eigenvalue weighted by atomic mass is 16.5. The minimum Gasteiger partial charge on any atom is -0.469 e. The van der Waals surface area contributed by atoms with Crippen molar-refractivity contribution in [3.8, 4) is 0 Å². The van der Waals surface area contributed by atoms with Gasteiger partial charge in [-0.2, -0.15) is 0 Å². The average molecular weight is 420 g/mol. The van der Waals surface area contributed by atoms with E-state index in [0.29, 0.717) is 6.42 Å². The number of rotatable bonds is 12. The summed E-state index contributed by atoms with van der Waals surface area (Å²) in [5.41, 5.74) is 0.861. The molecule has 1 aromatic rings. The van der Waals surface area contributed by atoms with Crippen LogP contribution in [0.5, 0.6) is 0 Å². The molecular weight excluding hydrogens is 392 g/mol. The molecular formula is C20H28N4O6. The number of carbonyl (C=O) groups excluding carboxylic acids is 5. The van der Waals surface area contributed by atoms with Gasteiger partial charge in [0.05, 0.1) is 20.2 Å². The summed E-state index contributed by atoms with van der Waals surface area (Å²) in [6, 6.07) is 8.34. The third kappa shape index (κ3) is 10.8. The second-order valence-electron chi connectivity index (χ2n) is 6.47. The number of esters is 1. The van der Waals surface area contributed by atoms with Gasteiger partial charge in [-0.05, 0) is 12.0 Å². The van der Waals surface area contributed by atoms with Gasteiger partial charge >= 0.3 is 5.97 Å². The second kappa shape index (κ2) is 13.7. The Morgan fingerprint density at radius 3 is 2.20 bits per heavy atom. The molecule has 4 N–H and O–H groups in total. The summed E-state index contributed by atoms with van der Waals surface area (Å²) < 4.78 is 4.49. The smallest absolute Gasteiger partial charge is 0.305 e. The van der Waals surface area contributed by atoms with E-state index in [1.807, 2.05) is 30.3 Å². The fourth-order valence-corrected chi connectivity index (χ4v) is 2.46. The molecule has 4 amide bonds. The van der Waals surface area contributed by atoms with Crippen LogP contribution in [0.1, 0.15) is 25.3 Å². The lowest BCUT2D eigenvalue weighted by Crippen LogP contribution is -2.50. The normalized spacial score (nSPS) is 11.0. The number of hydrogen-bond donors (Lipinski definition) is 4. The van der Waals surface area contributed by atoms with Gasteiger partial charge in [0.15, 0.2) is 0 Å². The monoisotopic (exact) mass is 420 g/mol. The van der Waals surface area contributed by atoms with Crippen molar-refractivity contribution in [2.75, 3.05) is 26.7 Å². The third-order valence-corrected chi connectivity index (χ3v) is 3.95. The predicted molar refractivity (Wildman–Crippen MR) is 108 cm³/mol. The van der Waals surface area contributed by atoms with Crippen LogP contribution in [0.25, 0.3) is 0 Å². The molecule has 10 heteroatoms. The minimum atomic E-state index is -0.823. The van der Waals surface area contributed by atoms with Crippen LogP contribution in [-0.2, 0) is 35.1 Å². The van der Waals surface area contributed by atoms with Crippen LogP contribution >= 0.6 is 0 Å². The molecule has 30 heavy (non-hydrogen) atoms. The number of amides is 4. The van der Waals surface area contributed by atoms with Crippen molar-refractivity contribution in [2.24, 2.45) is 0 Å². The molecule has 0 spiro atoms. The van der Waals surface area contributed by atoms with E-state index >= 15 is 0 Å². The van der Waals surface area contributed by atoms with Crippen LogP contribution < -0.4 is 21.3 Å². The predicted octanol–water partition coefficient (Wildman–Crippen LogP) is -0.964. The average Bonchev–Trinajstić information content (AvgIpc) is 2.73. The largest absolute Gasteiger partial charge is 0.469 e. The number of benzene rings is 1. The van der Waals surface area contributed by atoms with Crippen molar-refractivity contribution in [2.45, 2.75) is 32.2 Å². The van der Waals surface area contributed by atoms with Gasteiger partial charge in [-0.25, -0.2) is 0 Å². The molecule has 0 aliphatic carbocycles. The summed E-state index contributed by atoms with van der Waals surface area (Å²) >= 11 is 0. The Bertz CT molecular complexity index is 738. The van der Waals surface area contributed by atoms with E-state index in [4.69, 9.17) is 0 Å².